The number of carbonyl (C=O) groups is 1. The van der Waals surface area contributed by atoms with Crippen LogP contribution in [-0.4, -0.2) is 60.2 Å². The lowest BCUT2D eigenvalue weighted by atomic mass is 9.92. The molecule has 0 radical (unpaired) electrons. The highest BCUT2D eigenvalue weighted by Crippen LogP contribution is 2.21. The lowest BCUT2D eigenvalue weighted by molar-refractivity contribution is 0.0374. The summed E-state index contributed by atoms with van der Waals surface area (Å²) in [6, 6.07) is 1.72. The van der Waals surface area contributed by atoms with Crippen molar-refractivity contribution in [3.8, 4) is 0 Å². The van der Waals surface area contributed by atoms with Crippen LogP contribution in [0, 0.1) is 0 Å². The Morgan fingerprint density at radius 3 is 2.70 bits per heavy atom. The maximum absolute atomic E-state index is 12.2. The van der Waals surface area contributed by atoms with Gasteiger partial charge in [-0.2, -0.15) is 0 Å². The van der Waals surface area contributed by atoms with Crippen molar-refractivity contribution >= 4 is 11.7 Å². The van der Waals surface area contributed by atoms with E-state index in [2.05, 4.69) is 20.2 Å². The number of amides is 1. The topological polar surface area (TPSA) is 93.4 Å². The first-order chi connectivity index (χ1) is 10.9. The summed E-state index contributed by atoms with van der Waals surface area (Å²) in [5.74, 6) is 0.189. The van der Waals surface area contributed by atoms with Crippen LogP contribution >= 0.6 is 0 Å². The lowest BCUT2D eigenvalue weighted by Crippen LogP contribution is -2.38. The zero-order valence-corrected chi connectivity index (χ0v) is 14.3. The van der Waals surface area contributed by atoms with Crippen LogP contribution in [0.1, 0.15) is 43.5 Å². The number of morpholine rings is 1. The molecule has 128 valence electrons. The first-order valence-electron chi connectivity index (χ1n) is 8.09. The van der Waals surface area contributed by atoms with Crippen LogP contribution in [0.25, 0.3) is 0 Å². The van der Waals surface area contributed by atoms with E-state index in [1.165, 1.54) is 0 Å². The van der Waals surface area contributed by atoms with E-state index in [1.807, 2.05) is 20.8 Å². The Hall–Kier alpha value is -1.73. The number of aromatic nitrogens is 2. The van der Waals surface area contributed by atoms with E-state index in [1.54, 1.807) is 6.07 Å². The first kappa shape index (κ1) is 17.6. The van der Waals surface area contributed by atoms with E-state index >= 15 is 0 Å². The van der Waals surface area contributed by atoms with E-state index in [-0.39, 0.29) is 17.1 Å². The van der Waals surface area contributed by atoms with Crippen molar-refractivity contribution in [2.75, 3.05) is 45.1 Å². The number of nitrogens with zero attached hydrogens (tertiary/aromatic N) is 3. The summed E-state index contributed by atoms with van der Waals surface area (Å²) in [5, 5.41) is 2.87. The highest BCUT2D eigenvalue weighted by Gasteiger charge is 2.20. The van der Waals surface area contributed by atoms with Crippen molar-refractivity contribution in [1.82, 2.24) is 20.2 Å². The quantitative estimate of drug-likeness (QED) is 0.780. The van der Waals surface area contributed by atoms with Crippen molar-refractivity contribution in [1.29, 1.82) is 0 Å². The van der Waals surface area contributed by atoms with Crippen molar-refractivity contribution in [2.24, 2.45) is 0 Å². The van der Waals surface area contributed by atoms with Crippen molar-refractivity contribution in [3.05, 3.63) is 17.6 Å². The Labute approximate surface area is 137 Å². The smallest absolute Gasteiger partial charge is 0.289 e. The number of nitrogens with one attached hydrogen (secondary N) is 1. The van der Waals surface area contributed by atoms with Crippen molar-refractivity contribution in [2.45, 2.75) is 32.6 Å². The molecule has 1 aliphatic heterocycles. The molecule has 0 bridgehead atoms. The molecule has 0 atom stereocenters. The summed E-state index contributed by atoms with van der Waals surface area (Å²) in [4.78, 5) is 22.9. The molecule has 1 aromatic rings. The van der Waals surface area contributed by atoms with Crippen LogP contribution in [0.3, 0.4) is 0 Å². The Bertz CT molecular complexity index is 536. The number of nitrogen functional groups attached to an aromatic ring is 1. The van der Waals surface area contributed by atoms with Gasteiger partial charge in [0.1, 0.15) is 5.82 Å². The predicted octanol–water partition coefficient (Wildman–Crippen LogP) is 0.808. The van der Waals surface area contributed by atoms with Crippen LogP contribution in [0.4, 0.5) is 5.82 Å². The standard InChI is InChI=1S/C16H27N5O2/c1-16(2,3)12-11-13(17)20-14(19-12)15(22)18-5-4-6-21-7-9-23-10-8-21/h11H,4-10H2,1-3H3,(H,18,22)(H2,17,19,20). The molecule has 0 spiro atoms. The lowest BCUT2D eigenvalue weighted by Gasteiger charge is -2.26. The predicted molar refractivity (Wildman–Crippen MR) is 89.4 cm³/mol. The molecule has 0 unspecified atom stereocenters. The van der Waals surface area contributed by atoms with E-state index in [0.717, 1.165) is 45.0 Å². The zero-order chi connectivity index (χ0) is 16.9. The Kier molecular flexibility index (Phi) is 5.90. The average Bonchev–Trinajstić information content (AvgIpc) is 2.51. The summed E-state index contributed by atoms with van der Waals surface area (Å²) >= 11 is 0. The number of hydrogen-bond donors (Lipinski definition) is 2. The monoisotopic (exact) mass is 321 g/mol. The largest absolute Gasteiger partial charge is 0.384 e. The van der Waals surface area contributed by atoms with Gasteiger partial charge in [-0.15, -0.1) is 0 Å². The molecule has 1 amide bonds. The fraction of sp³-hybridized carbons (Fsp3) is 0.688. The first-order valence-corrected chi connectivity index (χ1v) is 8.09. The van der Waals surface area contributed by atoms with Crippen LogP contribution in [0.5, 0.6) is 0 Å². The summed E-state index contributed by atoms with van der Waals surface area (Å²) in [6.45, 7) is 11.1. The molecular formula is C16H27N5O2. The minimum atomic E-state index is -0.273. The van der Waals surface area contributed by atoms with E-state index in [9.17, 15) is 4.79 Å². The van der Waals surface area contributed by atoms with E-state index < -0.39 is 0 Å². The molecule has 3 N–H and O–H groups in total. The highest BCUT2D eigenvalue weighted by molar-refractivity contribution is 5.90. The van der Waals surface area contributed by atoms with Gasteiger partial charge in [0.2, 0.25) is 5.82 Å². The molecule has 2 heterocycles. The molecule has 1 fully saturated rings. The van der Waals surface area contributed by atoms with Gasteiger partial charge in [-0.25, -0.2) is 9.97 Å². The van der Waals surface area contributed by atoms with E-state index in [4.69, 9.17) is 10.5 Å². The molecule has 0 aliphatic carbocycles. The molecule has 1 aliphatic rings. The Morgan fingerprint density at radius 2 is 2.04 bits per heavy atom. The van der Waals surface area contributed by atoms with Gasteiger partial charge in [-0.1, -0.05) is 20.8 Å². The number of hydrogen-bond acceptors (Lipinski definition) is 6. The maximum atomic E-state index is 12.2. The number of nitrogens with two attached hydrogens (primary N) is 1. The summed E-state index contributed by atoms with van der Waals surface area (Å²) < 4.78 is 5.31. The number of anilines is 1. The van der Waals surface area contributed by atoms with Gasteiger partial charge in [0.25, 0.3) is 5.91 Å². The second-order valence-electron chi connectivity index (χ2n) is 6.82. The van der Waals surface area contributed by atoms with Crippen LogP contribution in [0.2, 0.25) is 0 Å². The third-order valence-electron chi connectivity index (χ3n) is 3.76. The van der Waals surface area contributed by atoms with Gasteiger partial charge >= 0.3 is 0 Å². The second kappa shape index (κ2) is 7.70. The Balaban J connectivity index is 1.84. The molecule has 7 nitrogen and oxygen atoms in total. The summed E-state index contributed by atoms with van der Waals surface area (Å²) in [7, 11) is 0. The zero-order valence-electron chi connectivity index (χ0n) is 14.3. The van der Waals surface area contributed by atoms with Crippen LogP contribution in [0.15, 0.2) is 6.07 Å². The van der Waals surface area contributed by atoms with Gasteiger partial charge in [0.15, 0.2) is 0 Å². The molecule has 2 rings (SSSR count). The second-order valence-corrected chi connectivity index (χ2v) is 6.82. The minimum Gasteiger partial charge on any atom is -0.384 e. The average molecular weight is 321 g/mol. The third-order valence-corrected chi connectivity index (χ3v) is 3.76. The van der Waals surface area contributed by atoms with Gasteiger partial charge in [-0.05, 0) is 13.0 Å². The van der Waals surface area contributed by atoms with Crippen molar-refractivity contribution < 1.29 is 9.53 Å². The van der Waals surface area contributed by atoms with Crippen LogP contribution in [-0.2, 0) is 10.2 Å². The van der Waals surface area contributed by atoms with Crippen LogP contribution < -0.4 is 11.1 Å². The molecule has 0 saturated carbocycles. The SMILES string of the molecule is CC(C)(C)c1cc(N)nc(C(=O)NCCCN2CCOCC2)n1. The fourth-order valence-corrected chi connectivity index (χ4v) is 2.36. The Morgan fingerprint density at radius 1 is 1.35 bits per heavy atom. The third kappa shape index (κ3) is 5.44. The molecule has 23 heavy (non-hydrogen) atoms. The molecular weight excluding hydrogens is 294 g/mol. The number of ether oxygens (including phenoxy) is 1. The molecule has 7 heteroatoms. The molecule has 1 saturated heterocycles. The van der Waals surface area contributed by atoms with Gasteiger partial charge in [0, 0.05) is 31.1 Å². The van der Waals surface area contributed by atoms with E-state index in [0.29, 0.717) is 12.4 Å². The normalized spacial score (nSPS) is 16.3. The van der Waals surface area contributed by atoms with Crippen molar-refractivity contribution in [3.63, 3.8) is 0 Å². The van der Waals surface area contributed by atoms with Gasteiger partial charge < -0.3 is 15.8 Å². The fourth-order valence-electron chi connectivity index (χ4n) is 2.36. The van der Waals surface area contributed by atoms with Gasteiger partial charge in [-0.3, -0.25) is 9.69 Å². The summed E-state index contributed by atoms with van der Waals surface area (Å²) in [5.41, 5.74) is 6.39. The minimum absolute atomic E-state index is 0.140. The maximum Gasteiger partial charge on any atom is 0.289 e. The molecule has 0 aromatic carbocycles. The van der Waals surface area contributed by atoms with Gasteiger partial charge in [0.05, 0.1) is 18.9 Å². The number of rotatable bonds is 5. The molecule has 1 aromatic heterocycles. The summed E-state index contributed by atoms with van der Waals surface area (Å²) in [6.07, 6.45) is 0.889. The highest BCUT2D eigenvalue weighted by atomic mass is 16.5. The number of carbonyl (C=O) groups excluding carboxylic acids is 1.